The Bertz CT molecular complexity index is 1400. The van der Waals surface area contributed by atoms with Gasteiger partial charge in [0, 0.05) is 28.6 Å². The molecule has 0 amide bonds. The first-order chi connectivity index (χ1) is 18.2. The van der Waals surface area contributed by atoms with Gasteiger partial charge >= 0.3 is 5.97 Å². The number of hydrogen-bond acceptors (Lipinski definition) is 4. The normalized spacial score (nSPS) is 19.9. The summed E-state index contributed by atoms with van der Waals surface area (Å²) in [5.74, 6) is -0.0627. The minimum atomic E-state index is -0.466. The van der Waals surface area contributed by atoms with Crippen LogP contribution >= 0.6 is 0 Å². The number of carbonyl (C=O) groups is 2. The quantitative estimate of drug-likeness (QED) is 0.241. The van der Waals surface area contributed by atoms with Crippen molar-refractivity contribution in [2.24, 2.45) is 5.92 Å². The second-order valence-electron chi connectivity index (χ2n) is 10.3. The summed E-state index contributed by atoms with van der Waals surface area (Å²) in [5.41, 5.74) is 6.21. The van der Waals surface area contributed by atoms with Gasteiger partial charge in [-0.1, -0.05) is 92.1 Å². The Balaban J connectivity index is 1.16. The third-order valence-electron chi connectivity index (χ3n) is 8.01. The molecule has 1 saturated carbocycles. The predicted octanol–water partition coefficient (Wildman–Crippen LogP) is 6.40. The number of ketones is 1. The molecule has 0 spiro atoms. The van der Waals surface area contributed by atoms with Crippen molar-refractivity contribution in [1.29, 1.82) is 0 Å². The molecule has 2 aliphatic rings. The standard InChI is InChI=1S/C32H32N2O3/c35-29(23-17-15-22(16-18-23)21-9-3-1-4-10-21)20-37-32(36)28-19-26-25-13-7-8-14-27(25)33-31(26)30(34-28)24-11-5-2-6-12-24/h1,3-4,7-10,13-18,24,28,30,33-34H,2,5-6,11-12,19-20H2/t28?,30-/m0/s1. The number of nitrogens with one attached hydrogen (secondary N) is 2. The lowest BCUT2D eigenvalue weighted by Gasteiger charge is -2.37. The molecule has 0 saturated heterocycles. The van der Waals surface area contributed by atoms with Crippen LogP contribution in [0.5, 0.6) is 0 Å². The summed E-state index contributed by atoms with van der Waals surface area (Å²) in [7, 11) is 0. The number of ether oxygens (including phenoxy) is 1. The van der Waals surface area contributed by atoms with E-state index in [-0.39, 0.29) is 24.4 Å². The van der Waals surface area contributed by atoms with Crippen LogP contribution < -0.4 is 5.32 Å². The van der Waals surface area contributed by atoms with Crippen LogP contribution in [0.4, 0.5) is 0 Å². The molecular formula is C32H32N2O3. The SMILES string of the molecule is O=C(COC(=O)C1Cc2c([nH]c3ccccc23)[C@H](C2CCCCC2)N1)c1ccc(-c2ccccc2)cc1. The van der Waals surface area contributed by atoms with Crippen LogP contribution in [-0.4, -0.2) is 29.4 Å². The molecule has 2 N–H and O–H groups in total. The third kappa shape index (κ3) is 4.84. The van der Waals surface area contributed by atoms with E-state index < -0.39 is 6.04 Å². The van der Waals surface area contributed by atoms with Gasteiger partial charge in [0.1, 0.15) is 6.04 Å². The lowest BCUT2D eigenvalue weighted by Crippen LogP contribution is -2.48. The van der Waals surface area contributed by atoms with Crippen LogP contribution in [0, 0.1) is 5.92 Å². The van der Waals surface area contributed by atoms with E-state index in [2.05, 4.69) is 22.4 Å². The zero-order valence-corrected chi connectivity index (χ0v) is 20.9. The zero-order valence-electron chi connectivity index (χ0n) is 20.9. The van der Waals surface area contributed by atoms with Gasteiger partial charge in [-0.2, -0.15) is 0 Å². The number of aromatic nitrogens is 1. The fourth-order valence-corrected chi connectivity index (χ4v) is 6.06. The first kappa shape index (κ1) is 23.7. The Morgan fingerprint density at radius 3 is 2.30 bits per heavy atom. The van der Waals surface area contributed by atoms with Crippen LogP contribution in [0.3, 0.4) is 0 Å². The number of rotatable bonds is 6. The van der Waals surface area contributed by atoms with Gasteiger partial charge in [0.2, 0.25) is 0 Å². The largest absolute Gasteiger partial charge is 0.456 e. The Labute approximate surface area is 217 Å². The van der Waals surface area contributed by atoms with Gasteiger partial charge in [-0.3, -0.25) is 14.9 Å². The monoisotopic (exact) mass is 492 g/mol. The highest BCUT2D eigenvalue weighted by atomic mass is 16.5. The Kier molecular flexibility index (Phi) is 6.62. The van der Waals surface area contributed by atoms with Crippen LogP contribution in [0.1, 0.15) is 59.8 Å². The number of Topliss-reactive ketones (excluding diaryl/α,β-unsaturated/α-hetero) is 1. The Morgan fingerprint density at radius 1 is 0.811 bits per heavy atom. The number of H-pyrrole nitrogens is 1. The van der Waals surface area contributed by atoms with E-state index in [9.17, 15) is 9.59 Å². The number of esters is 1. The zero-order chi connectivity index (χ0) is 25.2. The molecule has 0 radical (unpaired) electrons. The summed E-state index contributed by atoms with van der Waals surface area (Å²) in [6.07, 6.45) is 6.61. The molecule has 6 rings (SSSR count). The summed E-state index contributed by atoms with van der Waals surface area (Å²) < 4.78 is 5.59. The van der Waals surface area contributed by atoms with Crippen molar-refractivity contribution in [2.75, 3.05) is 6.61 Å². The second kappa shape index (κ2) is 10.3. The van der Waals surface area contributed by atoms with Crippen molar-refractivity contribution in [3.8, 4) is 11.1 Å². The summed E-state index contributed by atoms with van der Waals surface area (Å²) in [5, 5.41) is 4.79. The van der Waals surface area contributed by atoms with E-state index in [4.69, 9.17) is 4.74 Å². The highest BCUT2D eigenvalue weighted by Gasteiger charge is 2.38. The number of aromatic amines is 1. The molecule has 0 bridgehead atoms. The van der Waals surface area contributed by atoms with Gasteiger partial charge in [-0.05, 0) is 41.5 Å². The molecule has 1 aliphatic heterocycles. The number of carbonyl (C=O) groups excluding carboxylic acids is 2. The van der Waals surface area contributed by atoms with Crippen LogP contribution in [0.25, 0.3) is 22.0 Å². The maximum Gasteiger partial charge on any atom is 0.323 e. The first-order valence-corrected chi connectivity index (χ1v) is 13.4. The van der Waals surface area contributed by atoms with Crippen LogP contribution in [0.15, 0.2) is 78.9 Å². The summed E-state index contributed by atoms with van der Waals surface area (Å²) >= 11 is 0. The fourth-order valence-electron chi connectivity index (χ4n) is 6.06. The van der Waals surface area contributed by atoms with Gasteiger partial charge < -0.3 is 9.72 Å². The average molecular weight is 493 g/mol. The average Bonchev–Trinajstić information content (AvgIpc) is 3.35. The smallest absolute Gasteiger partial charge is 0.323 e. The van der Waals surface area contributed by atoms with Gasteiger partial charge in [-0.25, -0.2) is 0 Å². The molecule has 1 fully saturated rings. The molecule has 4 aromatic rings. The number of fused-ring (bicyclic) bond motifs is 3. The van der Waals surface area contributed by atoms with E-state index in [1.54, 1.807) is 12.1 Å². The fraction of sp³-hybridized carbons (Fsp3) is 0.312. The first-order valence-electron chi connectivity index (χ1n) is 13.4. The van der Waals surface area contributed by atoms with Gasteiger partial charge in [0.05, 0.1) is 6.04 Å². The van der Waals surface area contributed by atoms with Crippen molar-refractivity contribution in [1.82, 2.24) is 10.3 Å². The minimum Gasteiger partial charge on any atom is -0.456 e. The maximum absolute atomic E-state index is 13.2. The second-order valence-corrected chi connectivity index (χ2v) is 10.3. The highest BCUT2D eigenvalue weighted by molar-refractivity contribution is 5.98. The molecule has 1 unspecified atom stereocenters. The lowest BCUT2D eigenvalue weighted by molar-refractivity contribution is -0.145. The van der Waals surface area contributed by atoms with E-state index in [0.29, 0.717) is 17.9 Å². The van der Waals surface area contributed by atoms with Gasteiger partial charge in [-0.15, -0.1) is 0 Å². The lowest BCUT2D eigenvalue weighted by atomic mass is 9.79. The summed E-state index contributed by atoms with van der Waals surface area (Å²) in [4.78, 5) is 29.7. The third-order valence-corrected chi connectivity index (χ3v) is 8.01. The molecule has 5 nitrogen and oxygen atoms in total. The number of hydrogen-bond donors (Lipinski definition) is 2. The van der Waals surface area contributed by atoms with Crippen LogP contribution in [0.2, 0.25) is 0 Å². The summed E-state index contributed by atoms with van der Waals surface area (Å²) in [6, 6.07) is 25.4. The van der Waals surface area contributed by atoms with Crippen molar-refractivity contribution in [3.05, 3.63) is 95.7 Å². The molecule has 5 heteroatoms. The topological polar surface area (TPSA) is 71.2 Å². The maximum atomic E-state index is 13.2. The van der Waals surface area contributed by atoms with Crippen molar-refractivity contribution >= 4 is 22.7 Å². The molecule has 3 aromatic carbocycles. The molecule has 1 aromatic heterocycles. The van der Waals surface area contributed by atoms with Crippen molar-refractivity contribution < 1.29 is 14.3 Å². The molecule has 37 heavy (non-hydrogen) atoms. The van der Waals surface area contributed by atoms with E-state index in [1.165, 1.54) is 35.9 Å². The highest BCUT2D eigenvalue weighted by Crippen LogP contribution is 2.40. The van der Waals surface area contributed by atoms with Crippen molar-refractivity contribution in [3.63, 3.8) is 0 Å². The molecule has 2 heterocycles. The summed E-state index contributed by atoms with van der Waals surface area (Å²) in [6.45, 7) is -0.253. The number of benzene rings is 3. The van der Waals surface area contributed by atoms with Gasteiger partial charge in [0.15, 0.2) is 12.4 Å². The Morgan fingerprint density at radius 2 is 1.51 bits per heavy atom. The van der Waals surface area contributed by atoms with E-state index >= 15 is 0 Å². The van der Waals surface area contributed by atoms with E-state index in [0.717, 1.165) is 29.5 Å². The molecule has 2 atom stereocenters. The van der Waals surface area contributed by atoms with Crippen LogP contribution in [-0.2, 0) is 16.0 Å². The molecule has 1 aliphatic carbocycles. The number of para-hydroxylation sites is 1. The van der Waals surface area contributed by atoms with Crippen molar-refractivity contribution in [2.45, 2.75) is 50.6 Å². The van der Waals surface area contributed by atoms with E-state index in [1.807, 2.05) is 54.6 Å². The molecular weight excluding hydrogens is 460 g/mol. The Hall–Kier alpha value is -3.70. The predicted molar refractivity (Wildman–Crippen MR) is 145 cm³/mol. The molecule has 188 valence electrons. The minimum absolute atomic E-state index is 0.0928. The van der Waals surface area contributed by atoms with Gasteiger partial charge in [0.25, 0.3) is 0 Å².